The molecule has 0 fully saturated rings. The minimum Gasteiger partial charge on any atom is -0.494 e. The molecule has 3 rings (SSSR count). The van der Waals surface area contributed by atoms with Gasteiger partial charge in [0.05, 0.1) is 33.4 Å². The van der Waals surface area contributed by atoms with Crippen molar-refractivity contribution in [1.29, 1.82) is 0 Å². The first-order valence-corrected chi connectivity index (χ1v) is 11.4. The first-order valence-electron chi connectivity index (χ1n) is 9.15. The second-order valence-corrected chi connectivity index (χ2v) is 8.94. The second-order valence-electron chi connectivity index (χ2n) is 6.49. The van der Waals surface area contributed by atoms with Gasteiger partial charge in [-0.25, -0.2) is 4.83 Å². The fraction of sp³-hybridized carbons (Fsp3) is 0.190. The number of hydrogen-bond donors (Lipinski definition) is 1. The van der Waals surface area contributed by atoms with Crippen molar-refractivity contribution in [2.24, 2.45) is 5.10 Å². The van der Waals surface area contributed by atoms with Crippen LogP contribution in [0.25, 0.3) is 5.69 Å². The Morgan fingerprint density at radius 2 is 1.83 bits per heavy atom. The quantitative estimate of drug-likeness (QED) is 0.389. The topological polar surface area (TPSA) is 72.7 Å². The number of rotatable bonds is 7. The Bertz CT molecular complexity index is 1190. The zero-order valence-corrected chi connectivity index (χ0v) is 19.0. The molecular formula is C21H21Cl2N3O3S. The number of sulfonamides is 1. The third-order valence-electron chi connectivity index (χ3n) is 4.46. The van der Waals surface area contributed by atoms with E-state index < -0.39 is 10.0 Å². The molecule has 0 saturated carbocycles. The molecule has 0 saturated heterocycles. The van der Waals surface area contributed by atoms with Gasteiger partial charge in [-0.15, -0.1) is 0 Å². The Morgan fingerprint density at radius 1 is 1.13 bits per heavy atom. The van der Waals surface area contributed by atoms with E-state index in [-0.39, 0.29) is 4.90 Å². The summed E-state index contributed by atoms with van der Waals surface area (Å²) in [5.74, 6) is 0.604. The third-order valence-corrected chi connectivity index (χ3v) is 6.51. The number of aromatic nitrogens is 1. The van der Waals surface area contributed by atoms with Crippen LogP contribution in [0.4, 0.5) is 0 Å². The van der Waals surface area contributed by atoms with Crippen LogP contribution in [-0.4, -0.2) is 25.8 Å². The fourth-order valence-corrected chi connectivity index (χ4v) is 4.23. The van der Waals surface area contributed by atoms with Crippen molar-refractivity contribution >= 4 is 39.4 Å². The lowest BCUT2D eigenvalue weighted by Gasteiger charge is -2.12. The number of aryl methyl sites for hydroxylation is 1. The minimum absolute atomic E-state index is 0.0966. The molecule has 0 atom stereocenters. The molecule has 3 aromatic rings. The SMILES string of the molecule is CCOc1ccc(S(=O)(=O)NN=Cc2cc(C)n(-c3cccc(Cl)c3Cl)c2C)cc1. The summed E-state index contributed by atoms with van der Waals surface area (Å²) < 4.78 is 32.2. The van der Waals surface area contributed by atoms with E-state index in [1.165, 1.54) is 18.3 Å². The zero-order chi connectivity index (χ0) is 21.9. The van der Waals surface area contributed by atoms with Crippen molar-refractivity contribution < 1.29 is 13.2 Å². The van der Waals surface area contributed by atoms with E-state index in [0.29, 0.717) is 22.4 Å². The maximum absolute atomic E-state index is 12.4. The molecule has 0 amide bonds. The van der Waals surface area contributed by atoms with E-state index in [2.05, 4.69) is 9.93 Å². The molecule has 0 radical (unpaired) electrons. The Balaban J connectivity index is 1.82. The molecule has 6 nitrogen and oxygen atoms in total. The minimum atomic E-state index is -3.79. The average Bonchev–Trinajstić information content (AvgIpc) is 2.98. The van der Waals surface area contributed by atoms with Gasteiger partial charge in [0, 0.05) is 17.0 Å². The lowest BCUT2D eigenvalue weighted by atomic mass is 10.2. The van der Waals surface area contributed by atoms with Crippen LogP contribution in [0, 0.1) is 13.8 Å². The number of hydrogen-bond acceptors (Lipinski definition) is 4. The lowest BCUT2D eigenvalue weighted by Crippen LogP contribution is -2.18. The molecule has 30 heavy (non-hydrogen) atoms. The van der Waals surface area contributed by atoms with E-state index in [9.17, 15) is 8.42 Å². The van der Waals surface area contributed by atoms with E-state index in [0.717, 1.165) is 22.6 Å². The van der Waals surface area contributed by atoms with Gasteiger partial charge in [-0.2, -0.15) is 13.5 Å². The standard InChI is InChI=1S/C21H21Cl2N3O3S/c1-4-29-17-8-10-18(11-9-17)30(27,28)25-24-13-16-12-14(2)26(15(16)3)20-7-5-6-19(22)21(20)23/h5-13,25H,4H2,1-3H3. The lowest BCUT2D eigenvalue weighted by molar-refractivity contribution is 0.340. The normalized spacial score (nSPS) is 11.8. The Kier molecular flexibility index (Phi) is 6.75. The van der Waals surface area contributed by atoms with E-state index in [1.54, 1.807) is 18.2 Å². The van der Waals surface area contributed by atoms with E-state index in [4.69, 9.17) is 27.9 Å². The van der Waals surface area contributed by atoms with E-state index in [1.807, 2.05) is 43.5 Å². The highest BCUT2D eigenvalue weighted by Gasteiger charge is 2.15. The van der Waals surface area contributed by atoms with Crippen molar-refractivity contribution in [3.8, 4) is 11.4 Å². The zero-order valence-electron chi connectivity index (χ0n) is 16.7. The molecule has 0 aliphatic heterocycles. The summed E-state index contributed by atoms with van der Waals surface area (Å²) in [7, 11) is -3.79. The molecule has 0 aliphatic carbocycles. The molecule has 0 bridgehead atoms. The molecule has 158 valence electrons. The smallest absolute Gasteiger partial charge is 0.276 e. The highest BCUT2D eigenvalue weighted by molar-refractivity contribution is 7.89. The van der Waals surface area contributed by atoms with Gasteiger partial charge in [-0.3, -0.25) is 0 Å². The molecular weight excluding hydrogens is 445 g/mol. The predicted octanol–water partition coefficient (Wildman–Crippen LogP) is 5.11. The van der Waals surface area contributed by atoms with Crippen LogP contribution in [0.15, 0.2) is 58.5 Å². The Morgan fingerprint density at radius 3 is 2.50 bits per heavy atom. The van der Waals surface area contributed by atoms with Crippen LogP contribution in [-0.2, 0) is 10.0 Å². The second kappa shape index (κ2) is 9.12. The number of hydrazone groups is 1. The molecule has 0 unspecified atom stereocenters. The summed E-state index contributed by atoms with van der Waals surface area (Å²) in [4.78, 5) is 2.33. The first kappa shape index (κ1) is 22.2. The molecule has 1 heterocycles. The fourth-order valence-electron chi connectivity index (χ4n) is 3.05. The first-order chi connectivity index (χ1) is 14.2. The Hall–Kier alpha value is -2.48. The Labute approximate surface area is 186 Å². The average molecular weight is 466 g/mol. The van der Waals surface area contributed by atoms with Crippen molar-refractivity contribution in [3.05, 3.63) is 75.5 Å². The number of ether oxygens (including phenoxy) is 1. The molecule has 0 aliphatic rings. The summed E-state index contributed by atoms with van der Waals surface area (Å²) in [6, 6.07) is 13.4. The number of halogens is 2. The number of nitrogens with zero attached hydrogens (tertiary/aromatic N) is 2. The monoisotopic (exact) mass is 465 g/mol. The van der Waals surface area contributed by atoms with Gasteiger partial charge in [-0.1, -0.05) is 29.3 Å². The summed E-state index contributed by atoms with van der Waals surface area (Å²) in [6.07, 6.45) is 1.46. The van der Waals surface area contributed by atoms with Crippen LogP contribution >= 0.6 is 23.2 Å². The van der Waals surface area contributed by atoms with Gasteiger partial charge >= 0.3 is 0 Å². The highest BCUT2D eigenvalue weighted by atomic mass is 35.5. The van der Waals surface area contributed by atoms with Crippen LogP contribution in [0.5, 0.6) is 5.75 Å². The summed E-state index contributed by atoms with van der Waals surface area (Å²) in [5.41, 5.74) is 3.25. The van der Waals surface area contributed by atoms with Gasteiger partial charge in [0.25, 0.3) is 10.0 Å². The van der Waals surface area contributed by atoms with Crippen LogP contribution in [0.2, 0.25) is 10.0 Å². The van der Waals surface area contributed by atoms with Crippen LogP contribution < -0.4 is 9.57 Å². The van der Waals surface area contributed by atoms with Crippen LogP contribution in [0.3, 0.4) is 0 Å². The molecule has 0 spiro atoms. The summed E-state index contributed by atoms with van der Waals surface area (Å²) in [5, 5.41) is 4.83. The summed E-state index contributed by atoms with van der Waals surface area (Å²) in [6.45, 7) is 6.18. The molecule has 2 aromatic carbocycles. The van der Waals surface area contributed by atoms with Crippen molar-refractivity contribution in [2.45, 2.75) is 25.7 Å². The number of nitrogens with one attached hydrogen (secondary N) is 1. The van der Waals surface area contributed by atoms with Crippen LogP contribution in [0.1, 0.15) is 23.9 Å². The third kappa shape index (κ3) is 4.64. The van der Waals surface area contributed by atoms with Crippen molar-refractivity contribution in [2.75, 3.05) is 6.61 Å². The largest absolute Gasteiger partial charge is 0.494 e. The van der Waals surface area contributed by atoms with Crippen molar-refractivity contribution in [1.82, 2.24) is 9.40 Å². The van der Waals surface area contributed by atoms with Gasteiger partial charge < -0.3 is 9.30 Å². The number of benzene rings is 2. The molecule has 1 aromatic heterocycles. The highest BCUT2D eigenvalue weighted by Crippen LogP contribution is 2.31. The predicted molar refractivity (Wildman–Crippen MR) is 121 cm³/mol. The molecule has 1 N–H and O–H groups in total. The van der Waals surface area contributed by atoms with E-state index >= 15 is 0 Å². The maximum Gasteiger partial charge on any atom is 0.276 e. The summed E-state index contributed by atoms with van der Waals surface area (Å²) >= 11 is 12.5. The van der Waals surface area contributed by atoms with Gasteiger partial charge in [0.2, 0.25) is 0 Å². The van der Waals surface area contributed by atoms with Gasteiger partial charge in [-0.05, 0) is 63.2 Å². The van der Waals surface area contributed by atoms with Gasteiger partial charge in [0.1, 0.15) is 5.75 Å². The van der Waals surface area contributed by atoms with Gasteiger partial charge in [0.15, 0.2) is 0 Å². The van der Waals surface area contributed by atoms with Crippen molar-refractivity contribution in [3.63, 3.8) is 0 Å². The maximum atomic E-state index is 12.4. The molecule has 9 heteroatoms.